The third-order valence-corrected chi connectivity index (χ3v) is 3.93. The zero-order valence-corrected chi connectivity index (χ0v) is 13.1. The lowest BCUT2D eigenvalue weighted by Gasteiger charge is -2.08. The molecule has 0 bridgehead atoms. The molecular formula is C16H12F3N3O2S. The highest BCUT2D eigenvalue weighted by Gasteiger charge is 2.35. The molecular weight excluding hydrogens is 355 g/mol. The topological polar surface area (TPSA) is 78.0 Å². The molecule has 2 N–H and O–H groups in total. The van der Waals surface area contributed by atoms with Crippen LogP contribution in [0.4, 0.5) is 13.2 Å². The van der Waals surface area contributed by atoms with Gasteiger partial charge in [-0.1, -0.05) is 30.3 Å². The lowest BCUT2D eigenvalue weighted by molar-refractivity contribution is -0.141. The van der Waals surface area contributed by atoms with Crippen LogP contribution in [-0.4, -0.2) is 18.2 Å². The van der Waals surface area contributed by atoms with E-state index in [0.717, 1.165) is 0 Å². The smallest absolute Gasteiger partial charge is 0.233 e. The van der Waals surface area contributed by atoms with Crippen LogP contribution in [0.15, 0.2) is 65.5 Å². The summed E-state index contributed by atoms with van der Waals surface area (Å²) in [6, 6.07) is 4.58. The van der Waals surface area contributed by atoms with Gasteiger partial charge in [0.05, 0.1) is 21.8 Å². The summed E-state index contributed by atoms with van der Waals surface area (Å²) in [5.41, 5.74) is -1.84. The number of halogens is 3. The molecule has 0 aliphatic heterocycles. The van der Waals surface area contributed by atoms with Crippen molar-refractivity contribution in [2.45, 2.75) is 11.1 Å². The van der Waals surface area contributed by atoms with Crippen molar-refractivity contribution in [1.82, 2.24) is 9.78 Å². The Kier molecular flexibility index (Phi) is 3.05. The number of primary sulfonamides is 1. The van der Waals surface area contributed by atoms with Gasteiger partial charge >= 0.3 is 6.18 Å². The third kappa shape index (κ3) is 3.57. The van der Waals surface area contributed by atoms with E-state index in [9.17, 15) is 21.6 Å². The third-order valence-electron chi connectivity index (χ3n) is 3.15. The van der Waals surface area contributed by atoms with Crippen LogP contribution in [0, 0.1) is 0 Å². The van der Waals surface area contributed by atoms with Gasteiger partial charge in [-0.3, -0.25) is 0 Å². The molecule has 0 radical (unpaired) electrons. The largest absolute Gasteiger partial charge is 0.435 e. The van der Waals surface area contributed by atoms with Crippen molar-refractivity contribution in [3.8, 4) is 16.9 Å². The molecule has 3 rings (SSSR count). The van der Waals surface area contributed by atoms with Crippen LogP contribution in [0.1, 0.15) is 11.2 Å². The summed E-state index contributed by atoms with van der Waals surface area (Å²) in [6.45, 7) is 0. The molecule has 5 nitrogen and oxygen atoms in total. The Balaban J connectivity index is 2.42. The molecule has 1 heterocycles. The van der Waals surface area contributed by atoms with Gasteiger partial charge in [-0.25, -0.2) is 18.2 Å². The fourth-order valence-corrected chi connectivity index (χ4v) is 2.43. The Labute approximate surface area is 147 Å². The molecule has 0 atom stereocenters. The van der Waals surface area contributed by atoms with Gasteiger partial charge in [-0.15, -0.1) is 0 Å². The number of sulfonamides is 1. The van der Waals surface area contributed by atoms with Gasteiger partial charge in [-0.05, 0) is 30.2 Å². The summed E-state index contributed by atoms with van der Waals surface area (Å²) in [4.78, 5) is -1.05. The van der Waals surface area contributed by atoms with Crippen LogP contribution < -0.4 is 5.14 Å². The first kappa shape index (κ1) is 12.7. The second kappa shape index (κ2) is 6.01. The molecule has 0 saturated heterocycles. The molecule has 25 heavy (non-hydrogen) atoms. The maximum Gasteiger partial charge on any atom is 0.435 e. The second-order valence-electron chi connectivity index (χ2n) is 4.91. The number of rotatable bonds is 3. The Bertz CT molecular complexity index is 1180. The van der Waals surface area contributed by atoms with Crippen LogP contribution in [0.3, 0.4) is 0 Å². The van der Waals surface area contributed by atoms with Gasteiger partial charge in [0.2, 0.25) is 10.0 Å². The van der Waals surface area contributed by atoms with E-state index in [0.29, 0.717) is 10.7 Å². The van der Waals surface area contributed by atoms with Crippen molar-refractivity contribution in [3.63, 3.8) is 0 Å². The van der Waals surface area contributed by atoms with Gasteiger partial charge in [0.1, 0.15) is 0 Å². The summed E-state index contributed by atoms with van der Waals surface area (Å²) in [5.74, 6) is 0. The van der Waals surface area contributed by atoms with Crippen molar-refractivity contribution in [1.29, 1.82) is 0 Å². The normalized spacial score (nSPS) is 14.6. The quantitative estimate of drug-likeness (QED) is 0.768. The van der Waals surface area contributed by atoms with Gasteiger partial charge in [0, 0.05) is 5.56 Å². The van der Waals surface area contributed by atoms with Crippen molar-refractivity contribution < 1.29 is 27.1 Å². The van der Waals surface area contributed by atoms with Gasteiger partial charge in [0.15, 0.2) is 5.69 Å². The van der Waals surface area contributed by atoms with Crippen molar-refractivity contribution in [2.24, 2.45) is 5.14 Å². The van der Waals surface area contributed by atoms with Gasteiger partial charge in [-0.2, -0.15) is 18.3 Å². The molecule has 3 aromatic rings. The SMILES string of the molecule is [2H]c1c([2H])c(S(N)(=O)=O)c([2H])c([2H])c1-n1nc(C(F)(F)F)cc1-c1ccccc1. The number of alkyl halides is 3. The molecule has 0 spiro atoms. The first-order valence-electron chi connectivity index (χ1n) is 8.70. The van der Waals surface area contributed by atoms with Crippen molar-refractivity contribution >= 4 is 10.0 Å². The highest BCUT2D eigenvalue weighted by molar-refractivity contribution is 7.89. The molecule has 0 unspecified atom stereocenters. The number of hydrogen-bond donors (Lipinski definition) is 1. The van der Waals surface area contributed by atoms with Crippen LogP contribution in [0.25, 0.3) is 16.9 Å². The Morgan fingerprint density at radius 1 is 1.08 bits per heavy atom. The number of hydrogen-bond acceptors (Lipinski definition) is 3. The number of nitrogens with zero attached hydrogens (tertiary/aromatic N) is 2. The number of nitrogens with two attached hydrogens (primary N) is 1. The summed E-state index contributed by atoms with van der Waals surface area (Å²) in [5, 5.41) is 8.39. The van der Waals surface area contributed by atoms with Gasteiger partial charge in [0.25, 0.3) is 0 Å². The Morgan fingerprint density at radius 3 is 2.20 bits per heavy atom. The maximum atomic E-state index is 13.3. The zero-order chi connectivity index (χ0) is 21.7. The minimum atomic E-state index is -4.84. The molecule has 1 aromatic heterocycles. The van der Waals surface area contributed by atoms with Crippen molar-refractivity contribution in [3.05, 3.63) is 66.3 Å². The molecule has 0 aliphatic carbocycles. The second-order valence-corrected chi connectivity index (χ2v) is 6.41. The monoisotopic (exact) mass is 371 g/mol. The van der Waals surface area contributed by atoms with E-state index in [1.165, 1.54) is 12.1 Å². The first-order chi connectivity index (χ1) is 13.3. The molecule has 0 fully saturated rings. The molecule has 2 aromatic carbocycles. The van der Waals surface area contributed by atoms with Crippen LogP contribution in [-0.2, 0) is 16.2 Å². The summed E-state index contributed by atoms with van der Waals surface area (Å²) in [7, 11) is -4.61. The van der Waals surface area contributed by atoms with E-state index in [1.807, 2.05) is 0 Å². The highest BCUT2D eigenvalue weighted by Crippen LogP contribution is 2.33. The lowest BCUT2D eigenvalue weighted by atomic mass is 10.1. The molecule has 9 heteroatoms. The van der Waals surface area contributed by atoms with Crippen LogP contribution in [0.5, 0.6) is 0 Å². The highest BCUT2D eigenvalue weighted by atomic mass is 32.2. The van der Waals surface area contributed by atoms with E-state index in [2.05, 4.69) is 5.10 Å². The molecule has 130 valence electrons. The Morgan fingerprint density at radius 2 is 1.68 bits per heavy atom. The zero-order valence-electron chi connectivity index (χ0n) is 16.3. The average Bonchev–Trinajstić information content (AvgIpc) is 3.05. The molecule has 0 saturated carbocycles. The maximum absolute atomic E-state index is 13.3. The minimum Gasteiger partial charge on any atom is -0.233 e. The van der Waals surface area contributed by atoms with E-state index >= 15 is 0 Å². The average molecular weight is 371 g/mol. The summed E-state index contributed by atoms with van der Waals surface area (Å²) >= 11 is 0. The van der Waals surface area contributed by atoms with E-state index in [4.69, 9.17) is 10.6 Å². The number of benzene rings is 2. The lowest BCUT2D eigenvalue weighted by Crippen LogP contribution is -2.12. The molecule has 0 aliphatic rings. The van der Waals surface area contributed by atoms with Crippen LogP contribution >= 0.6 is 0 Å². The predicted octanol–water partition coefficient (Wildman–Crippen LogP) is 3.21. The number of aromatic nitrogens is 2. The summed E-state index contributed by atoms with van der Waals surface area (Å²) < 4.78 is 95.5. The predicted molar refractivity (Wildman–Crippen MR) is 85.4 cm³/mol. The Hall–Kier alpha value is -2.65. The first-order valence-corrected chi connectivity index (χ1v) is 8.25. The molecule has 0 amide bonds. The van der Waals surface area contributed by atoms with E-state index < -0.39 is 56.6 Å². The van der Waals surface area contributed by atoms with Crippen molar-refractivity contribution in [2.75, 3.05) is 0 Å². The summed E-state index contributed by atoms with van der Waals surface area (Å²) in [6.07, 6.45) is -4.84. The van der Waals surface area contributed by atoms with Gasteiger partial charge < -0.3 is 0 Å². The standard InChI is InChI=1S/C16H12F3N3O2S/c17-16(18,19)15-10-14(11-4-2-1-3-5-11)22(21-15)12-6-8-13(9-7-12)25(20,23)24/h1-10H,(H2,20,23,24)/i6D,7D,8D,9D. The minimum absolute atomic E-state index is 0.151. The van der Waals surface area contributed by atoms with E-state index in [1.54, 1.807) is 18.2 Å². The van der Waals surface area contributed by atoms with E-state index in [-0.39, 0.29) is 11.3 Å². The van der Waals surface area contributed by atoms with Crippen LogP contribution in [0.2, 0.25) is 0 Å². The fourth-order valence-electron chi connectivity index (χ4n) is 2.05. The fraction of sp³-hybridized carbons (Fsp3) is 0.0625.